The summed E-state index contributed by atoms with van der Waals surface area (Å²) in [5.74, 6) is 0.603. The van der Waals surface area contributed by atoms with Crippen molar-refractivity contribution in [3.05, 3.63) is 47.4 Å². The molecule has 0 atom stereocenters. The number of aliphatic imine (C=N–C) groups is 1. The molecule has 23 heavy (non-hydrogen) atoms. The lowest BCUT2D eigenvalue weighted by Crippen LogP contribution is -2.38. The SMILES string of the molecule is C=CCOc1ccc(/C=C2\SC(N3CCOCC3)=NC2=O)cc1. The Kier molecular flexibility index (Phi) is 5.15. The van der Waals surface area contributed by atoms with E-state index in [0.29, 0.717) is 24.7 Å². The summed E-state index contributed by atoms with van der Waals surface area (Å²) in [6.45, 7) is 7.01. The summed E-state index contributed by atoms with van der Waals surface area (Å²) < 4.78 is 10.8. The summed E-state index contributed by atoms with van der Waals surface area (Å²) in [4.78, 5) is 19.0. The monoisotopic (exact) mass is 330 g/mol. The molecule has 6 heteroatoms. The number of benzene rings is 1. The van der Waals surface area contributed by atoms with Gasteiger partial charge in [-0.2, -0.15) is 4.99 Å². The van der Waals surface area contributed by atoms with Crippen LogP contribution in [-0.2, 0) is 9.53 Å². The second-order valence-electron chi connectivity index (χ2n) is 5.08. The van der Waals surface area contributed by atoms with Gasteiger partial charge in [0.05, 0.1) is 18.1 Å². The number of amides is 1. The first-order chi connectivity index (χ1) is 11.3. The molecule has 3 rings (SSSR count). The summed E-state index contributed by atoms with van der Waals surface area (Å²) in [6.07, 6.45) is 3.56. The summed E-state index contributed by atoms with van der Waals surface area (Å²) in [5.41, 5.74) is 0.949. The largest absolute Gasteiger partial charge is 0.490 e. The van der Waals surface area contributed by atoms with Crippen LogP contribution in [0.2, 0.25) is 0 Å². The smallest absolute Gasteiger partial charge is 0.286 e. The quantitative estimate of drug-likeness (QED) is 0.627. The number of ether oxygens (including phenoxy) is 2. The Hall–Kier alpha value is -2.05. The van der Waals surface area contributed by atoms with E-state index in [2.05, 4.69) is 16.5 Å². The van der Waals surface area contributed by atoms with Crippen LogP contribution in [0.25, 0.3) is 6.08 Å². The molecule has 1 fully saturated rings. The summed E-state index contributed by atoms with van der Waals surface area (Å²) in [7, 11) is 0. The Balaban J connectivity index is 1.66. The van der Waals surface area contributed by atoms with E-state index in [-0.39, 0.29) is 5.91 Å². The highest BCUT2D eigenvalue weighted by Gasteiger charge is 2.26. The molecule has 2 heterocycles. The van der Waals surface area contributed by atoms with Crippen LogP contribution in [0, 0.1) is 0 Å². The maximum atomic E-state index is 12.1. The summed E-state index contributed by atoms with van der Waals surface area (Å²) in [6, 6.07) is 7.60. The van der Waals surface area contributed by atoms with Gasteiger partial charge in [-0.3, -0.25) is 4.79 Å². The van der Waals surface area contributed by atoms with E-state index in [4.69, 9.17) is 9.47 Å². The van der Waals surface area contributed by atoms with Crippen LogP contribution >= 0.6 is 11.8 Å². The number of hydrogen-bond donors (Lipinski definition) is 0. The standard InChI is InChI=1S/C17H18N2O3S/c1-2-9-22-14-5-3-13(4-6-14)12-15-16(20)18-17(23-15)19-7-10-21-11-8-19/h2-6,12H,1,7-11H2/b15-12-. The Morgan fingerprint density at radius 3 is 2.74 bits per heavy atom. The maximum Gasteiger partial charge on any atom is 0.286 e. The zero-order valence-electron chi connectivity index (χ0n) is 12.7. The second-order valence-corrected chi connectivity index (χ2v) is 6.09. The molecule has 5 nitrogen and oxygen atoms in total. The topological polar surface area (TPSA) is 51.1 Å². The van der Waals surface area contributed by atoms with Gasteiger partial charge in [-0.1, -0.05) is 24.8 Å². The number of morpholine rings is 1. The molecule has 1 saturated heterocycles. The van der Waals surface area contributed by atoms with Gasteiger partial charge in [-0.25, -0.2) is 0 Å². The van der Waals surface area contributed by atoms with Crippen molar-refractivity contribution in [1.82, 2.24) is 4.90 Å². The van der Waals surface area contributed by atoms with Gasteiger partial charge < -0.3 is 14.4 Å². The van der Waals surface area contributed by atoms with Crippen molar-refractivity contribution in [3.63, 3.8) is 0 Å². The highest BCUT2D eigenvalue weighted by molar-refractivity contribution is 8.18. The van der Waals surface area contributed by atoms with E-state index in [9.17, 15) is 4.79 Å². The van der Waals surface area contributed by atoms with Crippen LogP contribution < -0.4 is 4.74 Å². The molecule has 1 amide bonds. The average Bonchev–Trinajstić information content (AvgIpc) is 2.96. The molecule has 2 aliphatic heterocycles. The Labute approximate surface area is 139 Å². The van der Waals surface area contributed by atoms with Gasteiger partial charge in [-0.15, -0.1) is 0 Å². The van der Waals surface area contributed by atoms with Crippen molar-refractivity contribution in [2.45, 2.75) is 0 Å². The zero-order chi connectivity index (χ0) is 16.1. The third-order valence-corrected chi connectivity index (χ3v) is 4.48. The van der Waals surface area contributed by atoms with E-state index in [1.54, 1.807) is 6.08 Å². The first-order valence-corrected chi connectivity index (χ1v) is 8.27. The molecule has 120 valence electrons. The first-order valence-electron chi connectivity index (χ1n) is 7.45. The van der Waals surface area contributed by atoms with E-state index >= 15 is 0 Å². The second kappa shape index (κ2) is 7.48. The van der Waals surface area contributed by atoms with Gasteiger partial charge >= 0.3 is 0 Å². The summed E-state index contributed by atoms with van der Waals surface area (Å²) >= 11 is 1.43. The van der Waals surface area contributed by atoms with Crippen molar-refractivity contribution in [3.8, 4) is 5.75 Å². The van der Waals surface area contributed by atoms with Gasteiger partial charge in [-0.05, 0) is 35.5 Å². The normalized spacial score (nSPS) is 19.8. The molecule has 0 aliphatic carbocycles. The fraction of sp³-hybridized carbons (Fsp3) is 0.294. The minimum Gasteiger partial charge on any atom is -0.490 e. The number of hydrogen-bond acceptors (Lipinski definition) is 5. The fourth-order valence-electron chi connectivity index (χ4n) is 2.25. The number of amidine groups is 1. The van der Waals surface area contributed by atoms with Crippen molar-refractivity contribution in [1.29, 1.82) is 0 Å². The third kappa shape index (κ3) is 4.03. The highest BCUT2D eigenvalue weighted by Crippen LogP contribution is 2.30. The lowest BCUT2D eigenvalue weighted by atomic mass is 10.2. The van der Waals surface area contributed by atoms with Crippen molar-refractivity contribution in [2.75, 3.05) is 32.9 Å². The van der Waals surface area contributed by atoms with Crippen LogP contribution in [0.4, 0.5) is 0 Å². The number of carbonyl (C=O) groups is 1. The fourth-order valence-corrected chi connectivity index (χ4v) is 3.22. The molecule has 1 aromatic rings. The van der Waals surface area contributed by atoms with E-state index in [0.717, 1.165) is 29.6 Å². The summed E-state index contributed by atoms with van der Waals surface area (Å²) in [5, 5.41) is 0.774. The van der Waals surface area contributed by atoms with Crippen molar-refractivity contribution in [2.24, 2.45) is 4.99 Å². The van der Waals surface area contributed by atoms with Crippen LogP contribution in [0.5, 0.6) is 5.75 Å². The van der Waals surface area contributed by atoms with Crippen molar-refractivity contribution >= 4 is 28.9 Å². The molecule has 2 aliphatic rings. The van der Waals surface area contributed by atoms with Gasteiger partial charge in [0.15, 0.2) is 5.17 Å². The van der Waals surface area contributed by atoms with Gasteiger partial charge in [0.1, 0.15) is 12.4 Å². The van der Waals surface area contributed by atoms with E-state index < -0.39 is 0 Å². The van der Waals surface area contributed by atoms with Crippen LogP contribution in [0.1, 0.15) is 5.56 Å². The van der Waals surface area contributed by atoms with Crippen LogP contribution in [0.3, 0.4) is 0 Å². The lowest BCUT2D eigenvalue weighted by Gasteiger charge is -2.27. The van der Waals surface area contributed by atoms with E-state index in [1.807, 2.05) is 30.3 Å². The number of thioether (sulfide) groups is 1. The number of rotatable bonds is 4. The lowest BCUT2D eigenvalue weighted by molar-refractivity contribution is -0.113. The Morgan fingerprint density at radius 1 is 1.30 bits per heavy atom. The third-order valence-electron chi connectivity index (χ3n) is 3.44. The van der Waals surface area contributed by atoms with Crippen LogP contribution in [0.15, 0.2) is 46.8 Å². The highest BCUT2D eigenvalue weighted by atomic mass is 32.2. The predicted octanol–water partition coefficient (Wildman–Crippen LogP) is 2.55. The molecule has 0 spiro atoms. The number of carbonyl (C=O) groups excluding carboxylic acids is 1. The van der Waals surface area contributed by atoms with Crippen LogP contribution in [-0.4, -0.2) is 48.9 Å². The maximum absolute atomic E-state index is 12.1. The molecule has 1 aromatic carbocycles. The minimum absolute atomic E-state index is 0.177. The zero-order valence-corrected chi connectivity index (χ0v) is 13.6. The molecule has 0 bridgehead atoms. The Morgan fingerprint density at radius 2 is 2.04 bits per heavy atom. The molecule has 0 saturated carbocycles. The van der Waals surface area contributed by atoms with E-state index in [1.165, 1.54) is 11.8 Å². The molecular formula is C17H18N2O3S. The van der Waals surface area contributed by atoms with Gasteiger partial charge in [0, 0.05) is 13.1 Å². The molecular weight excluding hydrogens is 312 g/mol. The minimum atomic E-state index is -0.177. The molecule has 0 N–H and O–H groups in total. The van der Waals surface area contributed by atoms with Gasteiger partial charge in [0.2, 0.25) is 0 Å². The average molecular weight is 330 g/mol. The molecule has 0 unspecified atom stereocenters. The Bertz CT molecular complexity index is 646. The molecule has 0 radical (unpaired) electrons. The predicted molar refractivity (Wildman–Crippen MR) is 92.5 cm³/mol. The van der Waals surface area contributed by atoms with Gasteiger partial charge in [0.25, 0.3) is 5.91 Å². The van der Waals surface area contributed by atoms with Crippen molar-refractivity contribution < 1.29 is 14.3 Å². The first kappa shape index (κ1) is 15.8. The molecule has 0 aromatic heterocycles. The number of nitrogens with zero attached hydrogens (tertiary/aromatic N) is 2.